The van der Waals surface area contributed by atoms with E-state index in [-0.39, 0.29) is 25.5 Å². The van der Waals surface area contributed by atoms with Crippen molar-refractivity contribution in [3.8, 4) is 0 Å². The highest BCUT2D eigenvalue weighted by molar-refractivity contribution is 7.54. The van der Waals surface area contributed by atoms with E-state index in [0.29, 0.717) is 17.8 Å². The average Bonchev–Trinajstić information content (AvgIpc) is 2.38. The molecule has 5 nitrogen and oxygen atoms in total. The predicted molar refractivity (Wildman–Crippen MR) is 86.9 cm³/mol. The van der Waals surface area contributed by atoms with Gasteiger partial charge < -0.3 is 13.8 Å². The van der Waals surface area contributed by atoms with E-state index in [1.807, 2.05) is 0 Å². The van der Waals surface area contributed by atoms with E-state index in [0.717, 1.165) is 12.8 Å². The summed E-state index contributed by atoms with van der Waals surface area (Å²) >= 11 is 0. The molecule has 6 heteroatoms. The lowest BCUT2D eigenvalue weighted by Crippen LogP contribution is -2.36. The van der Waals surface area contributed by atoms with Crippen LogP contribution in [0, 0.1) is 17.8 Å². The van der Waals surface area contributed by atoms with Crippen LogP contribution < -0.4 is 0 Å². The molecule has 0 saturated heterocycles. The van der Waals surface area contributed by atoms with Gasteiger partial charge in [0.25, 0.3) is 0 Å². The summed E-state index contributed by atoms with van der Waals surface area (Å²) in [5, 5.41) is 0. The van der Waals surface area contributed by atoms with Gasteiger partial charge in [0.1, 0.15) is 12.3 Å². The van der Waals surface area contributed by atoms with E-state index in [2.05, 4.69) is 20.8 Å². The van der Waals surface area contributed by atoms with Gasteiger partial charge in [-0.1, -0.05) is 27.2 Å². The topological polar surface area (TPSA) is 61.8 Å². The number of hydrogen-bond acceptors (Lipinski definition) is 5. The minimum Gasteiger partial charge on any atom is -0.462 e. The summed E-state index contributed by atoms with van der Waals surface area (Å²) in [6.45, 7) is 10.5. The maximum absolute atomic E-state index is 12.4. The second kappa shape index (κ2) is 9.05. The molecule has 0 aromatic heterocycles. The second-order valence-corrected chi connectivity index (χ2v) is 8.51. The molecule has 1 aliphatic carbocycles. The smallest absolute Gasteiger partial charge is 0.341 e. The summed E-state index contributed by atoms with van der Waals surface area (Å²) in [6, 6.07) is 0. The Morgan fingerprint density at radius 3 is 2.27 bits per heavy atom. The van der Waals surface area contributed by atoms with Gasteiger partial charge in [0.15, 0.2) is 0 Å². The summed E-state index contributed by atoms with van der Waals surface area (Å²) in [5.41, 5.74) is 0. The van der Waals surface area contributed by atoms with Crippen molar-refractivity contribution in [2.75, 3.05) is 19.4 Å². The molecule has 0 radical (unpaired) electrons. The first-order valence-corrected chi connectivity index (χ1v) is 10.1. The van der Waals surface area contributed by atoms with Crippen LogP contribution in [0.2, 0.25) is 0 Å². The molecule has 1 aliphatic rings. The number of carbonyl (C=O) groups is 1. The van der Waals surface area contributed by atoms with Gasteiger partial charge in [0, 0.05) is 0 Å². The summed E-state index contributed by atoms with van der Waals surface area (Å²) in [7, 11) is -3.38. The van der Waals surface area contributed by atoms with Crippen LogP contribution in [-0.4, -0.2) is 31.4 Å². The second-order valence-electron chi connectivity index (χ2n) is 6.46. The largest absolute Gasteiger partial charge is 0.462 e. The molecule has 1 saturated carbocycles. The van der Waals surface area contributed by atoms with Crippen molar-refractivity contribution in [3.63, 3.8) is 0 Å². The van der Waals surface area contributed by atoms with Crippen LogP contribution in [0.1, 0.15) is 53.9 Å². The SMILES string of the molecule is CCOP(=O)(CC(=O)O[C@H]1C[C@@H](C)CC[C@@H]1C(C)C)OCC. The van der Waals surface area contributed by atoms with Gasteiger partial charge in [0.2, 0.25) is 0 Å². The number of esters is 1. The third kappa shape index (κ3) is 6.02. The van der Waals surface area contributed by atoms with Crippen molar-refractivity contribution in [3.05, 3.63) is 0 Å². The van der Waals surface area contributed by atoms with E-state index >= 15 is 0 Å². The fourth-order valence-electron chi connectivity index (χ4n) is 3.14. The van der Waals surface area contributed by atoms with E-state index in [9.17, 15) is 9.36 Å². The molecule has 3 atom stereocenters. The molecule has 0 spiro atoms. The van der Waals surface area contributed by atoms with Crippen molar-refractivity contribution < 1.29 is 23.1 Å². The number of carbonyl (C=O) groups excluding carboxylic acids is 1. The van der Waals surface area contributed by atoms with Crippen LogP contribution in [-0.2, 0) is 23.1 Å². The zero-order chi connectivity index (χ0) is 16.8. The molecular weight excluding hydrogens is 303 g/mol. The fraction of sp³-hybridized carbons (Fsp3) is 0.938. The maximum atomic E-state index is 12.4. The van der Waals surface area contributed by atoms with Gasteiger partial charge in [0.05, 0.1) is 13.2 Å². The molecule has 0 aliphatic heterocycles. The molecule has 0 aromatic rings. The minimum atomic E-state index is -3.38. The third-order valence-corrected chi connectivity index (χ3v) is 6.17. The van der Waals surface area contributed by atoms with Crippen molar-refractivity contribution in [2.45, 2.75) is 60.0 Å². The molecule has 0 aromatic carbocycles. The zero-order valence-electron chi connectivity index (χ0n) is 14.5. The lowest BCUT2D eigenvalue weighted by Gasteiger charge is -2.36. The lowest BCUT2D eigenvalue weighted by molar-refractivity contribution is -0.153. The Morgan fingerprint density at radius 2 is 1.77 bits per heavy atom. The predicted octanol–water partition coefficient (Wildman–Crippen LogP) is 4.26. The van der Waals surface area contributed by atoms with Gasteiger partial charge in [-0.2, -0.15) is 0 Å². The lowest BCUT2D eigenvalue weighted by atomic mass is 9.75. The molecule has 130 valence electrons. The van der Waals surface area contributed by atoms with E-state index in [1.165, 1.54) is 6.42 Å². The number of rotatable bonds is 8. The summed E-state index contributed by atoms with van der Waals surface area (Å²) in [5.74, 6) is 0.919. The highest BCUT2D eigenvalue weighted by Crippen LogP contribution is 2.48. The van der Waals surface area contributed by atoms with Gasteiger partial charge >= 0.3 is 13.6 Å². The Bertz CT molecular complexity index is 386. The van der Waals surface area contributed by atoms with Gasteiger partial charge in [-0.05, 0) is 44.4 Å². The molecule has 0 N–H and O–H groups in total. The van der Waals surface area contributed by atoms with Gasteiger partial charge in [-0.25, -0.2) is 0 Å². The third-order valence-electron chi connectivity index (χ3n) is 4.22. The number of hydrogen-bond donors (Lipinski definition) is 0. The van der Waals surface area contributed by atoms with Crippen molar-refractivity contribution in [2.24, 2.45) is 17.8 Å². The highest BCUT2D eigenvalue weighted by atomic mass is 31.2. The first-order valence-electron chi connectivity index (χ1n) is 8.38. The molecule has 0 heterocycles. The van der Waals surface area contributed by atoms with Crippen LogP contribution >= 0.6 is 7.60 Å². The minimum absolute atomic E-state index is 0.0899. The average molecular weight is 334 g/mol. The Kier molecular flexibility index (Phi) is 8.09. The normalized spacial score (nSPS) is 26.2. The molecule has 1 rings (SSSR count). The van der Waals surface area contributed by atoms with E-state index < -0.39 is 13.6 Å². The molecule has 1 fully saturated rings. The highest BCUT2D eigenvalue weighted by Gasteiger charge is 2.35. The Labute approximate surface area is 134 Å². The standard InChI is InChI=1S/C16H31O5P/c1-6-19-22(18,20-7-2)11-16(17)21-15-10-13(5)8-9-14(15)12(3)4/h12-15H,6-11H2,1-5H3/t13-,14+,15-/m0/s1. The maximum Gasteiger partial charge on any atom is 0.341 e. The first kappa shape index (κ1) is 19.7. The summed E-state index contributed by atoms with van der Waals surface area (Å²) < 4.78 is 28.4. The number of ether oxygens (including phenoxy) is 1. The van der Waals surface area contributed by atoms with Crippen LogP contribution in [0.5, 0.6) is 0 Å². The zero-order valence-corrected chi connectivity index (χ0v) is 15.4. The molecule has 0 amide bonds. The van der Waals surface area contributed by atoms with Crippen LogP contribution in [0.25, 0.3) is 0 Å². The molecular formula is C16H31O5P. The fourth-order valence-corrected chi connectivity index (χ4v) is 4.57. The Morgan fingerprint density at radius 1 is 1.18 bits per heavy atom. The van der Waals surface area contributed by atoms with Crippen LogP contribution in [0.15, 0.2) is 0 Å². The van der Waals surface area contributed by atoms with Crippen molar-refractivity contribution in [1.29, 1.82) is 0 Å². The van der Waals surface area contributed by atoms with Crippen LogP contribution in [0.4, 0.5) is 0 Å². The summed E-state index contributed by atoms with van der Waals surface area (Å²) in [4.78, 5) is 12.2. The molecule has 22 heavy (non-hydrogen) atoms. The summed E-state index contributed by atoms with van der Waals surface area (Å²) in [6.07, 6.45) is 2.73. The Hall–Kier alpha value is -0.380. The molecule has 0 bridgehead atoms. The first-order chi connectivity index (χ1) is 10.3. The van der Waals surface area contributed by atoms with E-state index in [4.69, 9.17) is 13.8 Å². The monoisotopic (exact) mass is 334 g/mol. The quantitative estimate of drug-likeness (QED) is 0.490. The van der Waals surface area contributed by atoms with Crippen molar-refractivity contribution >= 4 is 13.6 Å². The van der Waals surface area contributed by atoms with Crippen molar-refractivity contribution in [1.82, 2.24) is 0 Å². The molecule has 0 unspecified atom stereocenters. The van der Waals surface area contributed by atoms with Crippen LogP contribution in [0.3, 0.4) is 0 Å². The van der Waals surface area contributed by atoms with Gasteiger partial charge in [-0.3, -0.25) is 9.36 Å². The Balaban J connectivity index is 2.66. The van der Waals surface area contributed by atoms with E-state index in [1.54, 1.807) is 13.8 Å². The van der Waals surface area contributed by atoms with Gasteiger partial charge in [-0.15, -0.1) is 0 Å².